The minimum atomic E-state index is -4.42. The number of nitrogens with one attached hydrogen (secondary N) is 6. The number of thioether (sulfide) groups is 1. The number of carbonyl (C=O) groups excluding carboxylic acids is 1. The van der Waals surface area contributed by atoms with Crippen molar-refractivity contribution in [2.24, 2.45) is 5.92 Å². The molecule has 0 aromatic heterocycles. The third-order valence-electron chi connectivity index (χ3n) is 10.6. The molecule has 5 rings (SSSR count). The Kier molecular flexibility index (Phi) is 11.8. The van der Waals surface area contributed by atoms with Crippen LogP contribution in [0.1, 0.15) is 66.2 Å². The molecule has 0 spiro atoms. The zero-order valence-electron chi connectivity index (χ0n) is 27.1. The normalized spacial score (nSPS) is 45.6. The Hall–Kier alpha value is -0.860. The summed E-state index contributed by atoms with van der Waals surface area (Å²) in [6.45, 7) is 6.77. The van der Waals surface area contributed by atoms with E-state index in [0.29, 0.717) is 19.5 Å². The van der Waals surface area contributed by atoms with Crippen LogP contribution < -0.4 is 32.1 Å². The molecule has 5 aliphatic rings. The lowest BCUT2D eigenvalue weighted by molar-refractivity contribution is -0.119. The number of hydrogen-bond donors (Lipinski definition) is 7. The second-order valence-corrected chi connectivity index (χ2v) is 18.6. The number of halogens is 5. The summed E-state index contributed by atoms with van der Waals surface area (Å²) in [5.74, 6) is -2.19. The Morgan fingerprint density at radius 1 is 0.957 bits per heavy atom. The van der Waals surface area contributed by atoms with Crippen molar-refractivity contribution in [1.29, 1.82) is 0 Å². The van der Waals surface area contributed by atoms with Gasteiger partial charge in [0.05, 0.1) is 28.5 Å². The number of hydrogen-bond acceptors (Lipinski definition) is 11. The molecule has 0 aromatic rings. The van der Waals surface area contributed by atoms with Gasteiger partial charge in [0.25, 0.3) is 0 Å². The van der Waals surface area contributed by atoms with Gasteiger partial charge < -0.3 is 10.4 Å². The van der Waals surface area contributed by atoms with E-state index in [1.807, 2.05) is 11.8 Å². The third-order valence-corrected chi connectivity index (χ3v) is 15.1. The van der Waals surface area contributed by atoms with Crippen LogP contribution in [0.5, 0.6) is 0 Å². The minimum Gasteiger partial charge on any atom is -0.387 e. The van der Waals surface area contributed by atoms with E-state index >= 15 is 4.39 Å². The van der Waals surface area contributed by atoms with Gasteiger partial charge in [-0.3, -0.25) is 31.1 Å². The summed E-state index contributed by atoms with van der Waals surface area (Å²) in [4.78, 5) is 13.7. The molecule has 1 amide bonds. The first-order valence-corrected chi connectivity index (χ1v) is 19.1. The highest BCUT2D eigenvalue weighted by atomic mass is 32.2. The first-order valence-electron chi connectivity index (χ1n) is 16.6. The Labute approximate surface area is 277 Å². The minimum absolute atomic E-state index is 0.0170. The first-order chi connectivity index (χ1) is 22.0. The number of hydrazine groups is 1. The highest BCUT2D eigenvalue weighted by molar-refractivity contribution is 8.00. The summed E-state index contributed by atoms with van der Waals surface area (Å²) < 4.78 is 99.4. The molecular weight excluding hydrogens is 669 g/mol. The van der Waals surface area contributed by atoms with Gasteiger partial charge >= 0.3 is 0 Å². The van der Waals surface area contributed by atoms with Gasteiger partial charge in [-0.25, -0.2) is 35.8 Å². The molecule has 14 unspecified atom stereocenters. The molecule has 11 nitrogen and oxygen atoms in total. The number of alkyl halides is 5. The maximum atomic E-state index is 15.9. The van der Waals surface area contributed by atoms with Gasteiger partial charge in [-0.15, -0.1) is 11.8 Å². The second kappa shape index (κ2) is 14.8. The summed E-state index contributed by atoms with van der Waals surface area (Å²) >= 11 is 1.24. The van der Waals surface area contributed by atoms with Crippen LogP contribution in [-0.2, 0) is 14.6 Å². The average molecular weight is 720 g/mol. The highest BCUT2D eigenvalue weighted by Crippen LogP contribution is 2.47. The summed E-state index contributed by atoms with van der Waals surface area (Å²) in [5.41, 5.74) is 5.73. The van der Waals surface area contributed by atoms with E-state index in [2.05, 4.69) is 32.1 Å². The molecule has 0 aromatic carbocycles. The highest BCUT2D eigenvalue weighted by Gasteiger charge is 2.59. The fourth-order valence-electron chi connectivity index (χ4n) is 7.93. The Morgan fingerprint density at radius 2 is 1.64 bits per heavy atom. The number of rotatable bonds is 9. The van der Waals surface area contributed by atoms with Gasteiger partial charge in [-0.05, 0) is 52.9 Å². The summed E-state index contributed by atoms with van der Waals surface area (Å²) in [6.07, 6.45) is -13.2. The van der Waals surface area contributed by atoms with Gasteiger partial charge in [0.15, 0.2) is 9.84 Å². The largest absolute Gasteiger partial charge is 0.387 e. The molecule has 0 radical (unpaired) electrons. The average Bonchev–Trinajstić information content (AvgIpc) is 3.62. The van der Waals surface area contributed by atoms with Gasteiger partial charge in [-0.2, -0.15) is 0 Å². The van der Waals surface area contributed by atoms with E-state index in [-0.39, 0.29) is 37.0 Å². The van der Waals surface area contributed by atoms with Crippen LogP contribution in [0.25, 0.3) is 0 Å². The smallest absolute Gasteiger partial charge is 0.217 e. The van der Waals surface area contributed by atoms with Crippen LogP contribution in [0.15, 0.2) is 0 Å². The fourth-order valence-corrected chi connectivity index (χ4v) is 11.7. The van der Waals surface area contributed by atoms with Crippen LogP contribution in [0.2, 0.25) is 0 Å². The molecule has 14 atom stereocenters. The van der Waals surface area contributed by atoms with Crippen molar-refractivity contribution < 1.29 is 40.3 Å². The number of sulfone groups is 1. The van der Waals surface area contributed by atoms with Crippen molar-refractivity contribution in [3.63, 3.8) is 0 Å². The SMILES string of the molecule is CC(=O)NC1CCN(C2NC(SC3CCC(S(=O)(=O)C(C)(C)C4C(F)C(F)CC(F)C4F)CC3F)NC(NC3CC(C)NN3)C2O)C1. The number of amides is 1. The van der Waals surface area contributed by atoms with Crippen molar-refractivity contribution in [3.8, 4) is 0 Å². The second-order valence-electron chi connectivity index (χ2n) is 14.4. The van der Waals surface area contributed by atoms with E-state index in [1.165, 1.54) is 18.7 Å². The van der Waals surface area contributed by atoms with Gasteiger partial charge in [0.2, 0.25) is 5.91 Å². The molecule has 2 aliphatic carbocycles. The predicted octanol–water partition coefficient (Wildman–Crippen LogP) is 1.05. The Balaban J connectivity index is 1.26. The summed E-state index contributed by atoms with van der Waals surface area (Å²) in [5, 5.41) is 22.5. The first kappa shape index (κ1) is 37.4. The molecule has 18 heteroatoms. The van der Waals surface area contributed by atoms with Crippen LogP contribution in [0, 0.1) is 5.92 Å². The van der Waals surface area contributed by atoms with Gasteiger partial charge in [-0.1, -0.05) is 0 Å². The van der Waals surface area contributed by atoms with E-state index < -0.39 is 98.6 Å². The van der Waals surface area contributed by atoms with Crippen molar-refractivity contribution in [3.05, 3.63) is 0 Å². The molecule has 0 bridgehead atoms. The number of likely N-dealkylation sites (tertiary alicyclic amines) is 1. The monoisotopic (exact) mass is 719 g/mol. The fraction of sp³-hybridized carbons (Fsp3) is 0.966. The number of nitrogens with zero attached hydrogens (tertiary/aromatic N) is 1. The van der Waals surface area contributed by atoms with E-state index in [1.54, 1.807) is 0 Å². The van der Waals surface area contributed by atoms with Crippen LogP contribution in [0.4, 0.5) is 22.0 Å². The maximum absolute atomic E-state index is 15.9. The quantitative estimate of drug-likeness (QED) is 0.172. The van der Waals surface area contributed by atoms with Crippen LogP contribution in [0.3, 0.4) is 0 Å². The molecule has 272 valence electrons. The summed E-state index contributed by atoms with van der Waals surface area (Å²) in [7, 11) is -4.42. The lowest BCUT2D eigenvalue weighted by Gasteiger charge is -2.47. The topological polar surface area (TPSA) is 147 Å². The molecular formula is C29H50F5N7O4S2. The molecule has 5 fully saturated rings. The van der Waals surface area contributed by atoms with Gasteiger partial charge in [0.1, 0.15) is 42.5 Å². The van der Waals surface area contributed by atoms with E-state index in [0.717, 1.165) is 20.3 Å². The zero-order chi connectivity index (χ0) is 34.4. The van der Waals surface area contributed by atoms with Crippen LogP contribution in [-0.4, -0.2) is 126 Å². The lowest BCUT2D eigenvalue weighted by atomic mass is 9.76. The number of aliphatic hydroxyl groups excluding tert-OH is 1. The predicted molar refractivity (Wildman–Crippen MR) is 169 cm³/mol. The maximum Gasteiger partial charge on any atom is 0.217 e. The molecule has 2 saturated carbocycles. The van der Waals surface area contributed by atoms with Crippen molar-refractivity contribution in [1.82, 2.24) is 37.0 Å². The van der Waals surface area contributed by atoms with E-state index in [4.69, 9.17) is 0 Å². The van der Waals surface area contributed by atoms with Crippen molar-refractivity contribution in [2.45, 2.75) is 155 Å². The van der Waals surface area contributed by atoms with Crippen molar-refractivity contribution in [2.75, 3.05) is 13.1 Å². The molecule has 7 N–H and O–H groups in total. The third kappa shape index (κ3) is 7.90. The molecule has 3 saturated heterocycles. The number of aliphatic hydroxyl groups is 1. The molecule has 47 heavy (non-hydrogen) atoms. The van der Waals surface area contributed by atoms with Crippen LogP contribution >= 0.6 is 11.8 Å². The Morgan fingerprint density at radius 3 is 2.23 bits per heavy atom. The van der Waals surface area contributed by atoms with Gasteiger partial charge in [0, 0.05) is 49.7 Å². The standard InChI is InChI=1S/C29H50F5N7O4S2/c1-13-9-21(40-39-13)36-26-25(43)27(41-8-7-15(12-41)35-14(2)42)38-28(37-26)46-20-6-5-16(10-17(20)30)47(44,45)29(3,4)22-23(33)18(31)11-19(32)24(22)34/h13,15-28,36-40,43H,5-12H2,1-4H3,(H,35,42). The lowest BCUT2D eigenvalue weighted by Crippen LogP contribution is -2.74. The van der Waals surface area contributed by atoms with Crippen molar-refractivity contribution >= 4 is 27.5 Å². The molecule has 3 aliphatic heterocycles. The summed E-state index contributed by atoms with van der Waals surface area (Å²) in [6, 6.07) is 0.127. The molecule has 3 heterocycles. The zero-order valence-corrected chi connectivity index (χ0v) is 28.8. The van der Waals surface area contributed by atoms with E-state index in [9.17, 15) is 35.9 Å². The Bertz CT molecular complexity index is 1200. The number of carbonyl (C=O) groups is 1.